The molecule has 0 radical (unpaired) electrons. The monoisotopic (exact) mass is 232 g/mol. The van der Waals surface area contributed by atoms with E-state index in [1.807, 2.05) is 0 Å². The summed E-state index contributed by atoms with van der Waals surface area (Å²) in [6.45, 7) is 0. The molecule has 6 nitrogen and oxygen atoms in total. The van der Waals surface area contributed by atoms with Gasteiger partial charge in [-0.05, 0) is 12.1 Å². The molecular weight excluding hydrogens is 224 g/mol. The average molecular weight is 232 g/mol. The summed E-state index contributed by atoms with van der Waals surface area (Å²) in [5.74, 6) is -2.20. The Morgan fingerprint density at radius 1 is 1.12 bits per heavy atom. The molecule has 0 bridgehead atoms. The van der Waals surface area contributed by atoms with E-state index in [4.69, 9.17) is 10.2 Å². The Balaban J connectivity index is 2.52. The van der Waals surface area contributed by atoms with Gasteiger partial charge in [-0.25, -0.2) is 14.3 Å². The molecule has 17 heavy (non-hydrogen) atoms. The highest BCUT2D eigenvalue weighted by atomic mass is 16.4. The zero-order valence-corrected chi connectivity index (χ0v) is 8.57. The number of hydrogen-bond donors (Lipinski definition) is 2. The fourth-order valence-corrected chi connectivity index (χ4v) is 1.42. The van der Waals surface area contributed by atoms with Crippen LogP contribution in [0.1, 0.15) is 20.7 Å². The van der Waals surface area contributed by atoms with Gasteiger partial charge in [0.25, 0.3) is 0 Å². The molecule has 0 aliphatic carbocycles. The van der Waals surface area contributed by atoms with Crippen LogP contribution in [0.4, 0.5) is 0 Å². The van der Waals surface area contributed by atoms with E-state index < -0.39 is 11.9 Å². The molecule has 2 rings (SSSR count). The summed E-state index contributed by atoms with van der Waals surface area (Å²) in [4.78, 5) is 21.7. The van der Waals surface area contributed by atoms with Crippen LogP contribution in [-0.2, 0) is 0 Å². The van der Waals surface area contributed by atoms with Crippen LogP contribution in [0.5, 0.6) is 0 Å². The van der Waals surface area contributed by atoms with Gasteiger partial charge >= 0.3 is 11.9 Å². The van der Waals surface area contributed by atoms with Gasteiger partial charge in [-0.1, -0.05) is 12.1 Å². The van der Waals surface area contributed by atoms with Crippen molar-refractivity contribution in [3.05, 3.63) is 47.8 Å². The summed E-state index contributed by atoms with van der Waals surface area (Å²) < 4.78 is 1.23. The van der Waals surface area contributed by atoms with E-state index >= 15 is 0 Å². The molecule has 0 fully saturated rings. The van der Waals surface area contributed by atoms with E-state index in [0.717, 1.165) is 0 Å². The molecule has 1 heterocycles. The van der Waals surface area contributed by atoms with Crippen LogP contribution >= 0.6 is 0 Å². The Labute approximate surface area is 95.7 Å². The summed E-state index contributed by atoms with van der Waals surface area (Å²) in [7, 11) is 0. The first-order valence-electron chi connectivity index (χ1n) is 4.70. The van der Waals surface area contributed by atoms with Gasteiger partial charge in [-0.3, -0.25) is 0 Å². The average Bonchev–Trinajstić information content (AvgIpc) is 2.78. The molecule has 0 atom stereocenters. The maximum absolute atomic E-state index is 11.0. The number of nitrogens with zero attached hydrogens (tertiary/aromatic N) is 2. The van der Waals surface area contributed by atoms with Crippen molar-refractivity contribution in [3.63, 3.8) is 0 Å². The highest BCUT2D eigenvalue weighted by molar-refractivity contribution is 5.92. The van der Waals surface area contributed by atoms with Crippen molar-refractivity contribution in [2.75, 3.05) is 0 Å². The largest absolute Gasteiger partial charge is 0.478 e. The van der Waals surface area contributed by atoms with E-state index in [9.17, 15) is 9.59 Å². The van der Waals surface area contributed by atoms with E-state index in [1.165, 1.54) is 23.1 Å². The Morgan fingerprint density at radius 3 is 2.41 bits per heavy atom. The van der Waals surface area contributed by atoms with Gasteiger partial charge in [-0.2, -0.15) is 5.10 Å². The number of rotatable bonds is 3. The van der Waals surface area contributed by atoms with Gasteiger partial charge < -0.3 is 10.2 Å². The van der Waals surface area contributed by atoms with E-state index in [1.54, 1.807) is 18.2 Å². The molecule has 0 saturated heterocycles. The molecule has 86 valence electrons. The number of carboxylic acids is 2. The molecule has 0 saturated carbocycles. The molecule has 6 heteroatoms. The Kier molecular flexibility index (Phi) is 2.61. The maximum atomic E-state index is 11.0. The molecule has 0 aliphatic heterocycles. The van der Waals surface area contributed by atoms with Crippen LogP contribution in [-0.4, -0.2) is 31.9 Å². The fraction of sp³-hybridized carbons (Fsp3) is 0. The first kappa shape index (κ1) is 10.9. The molecule has 2 N–H and O–H groups in total. The molecule has 0 amide bonds. The molecule has 2 aromatic rings. The smallest absolute Gasteiger partial charge is 0.338 e. The van der Waals surface area contributed by atoms with Crippen molar-refractivity contribution in [3.8, 4) is 5.69 Å². The molecular formula is C11H8N2O4. The maximum Gasteiger partial charge on any atom is 0.338 e. The molecule has 0 spiro atoms. The number of aromatic nitrogens is 2. The third kappa shape index (κ3) is 2.00. The SMILES string of the molecule is O=C(O)c1cnn(-c2ccccc2C(=O)O)c1. The second kappa shape index (κ2) is 4.09. The molecule has 0 unspecified atom stereocenters. The Bertz CT molecular complexity index is 589. The summed E-state index contributed by atoms with van der Waals surface area (Å²) in [5, 5.41) is 21.6. The van der Waals surface area contributed by atoms with Gasteiger partial charge in [0.15, 0.2) is 0 Å². The van der Waals surface area contributed by atoms with Crippen LogP contribution in [0.25, 0.3) is 5.69 Å². The highest BCUT2D eigenvalue weighted by Crippen LogP contribution is 2.14. The normalized spacial score (nSPS) is 10.1. The quantitative estimate of drug-likeness (QED) is 0.831. The summed E-state index contributed by atoms with van der Waals surface area (Å²) in [6.07, 6.45) is 2.44. The minimum absolute atomic E-state index is 0.00481. The van der Waals surface area contributed by atoms with Crippen LogP contribution < -0.4 is 0 Å². The number of aromatic carboxylic acids is 2. The minimum atomic E-state index is -1.11. The van der Waals surface area contributed by atoms with E-state index in [-0.39, 0.29) is 11.1 Å². The second-order valence-electron chi connectivity index (χ2n) is 3.30. The van der Waals surface area contributed by atoms with Gasteiger partial charge in [0.05, 0.1) is 23.0 Å². The zero-order valence-electron chi connectivity index (χ0n) is 8.57. The zero-order chi connectivity index (χ0) is 12.4. The van der Waals surface area contributed by atoms with Gasteiger partial charge in [0, 0.05) is 6.20 Å². The van der Waals surface area contributed by atoms with Crippen LogP contribution in [0, 0.1) is 0 Å². The number of carbonyl (C=O) groups is 2. The van der Waals surface area contributed by atoms with Crippen molar-refractivity contribution in [2.45, 2.75) is 0 Å². The standard InChI is InChI=1S/C11H8N2O4/c14-10(15)7-5-12-13(6-7)9-4-2-1-3-8(9)11(16)17/h1-6H,(H,14,15)(H,16,17). The van der Waals surface area contributed by atoms with Crippen LogP contribution in [0.3, 0.4) is 0 Å². The lowest BCUT2D eigenvalue weighted by Crippen LogP contribution is -2.05. The van der Waals surface area contributed by atoms with Crippen molar-refractivity contribution < 1.29 is 19.8 Å². The lowest BCUT2D eigenvalue weighted by atomic mass is 10.2. The fourth-order valence-electron chi connectivity index (χ4n) is 1.42. The Hall–Kier alpha value is -2.63. The summed E-state index contributed by atoms with van der Waals surface area (Å²) in [5.41, 5.74) is 0.394. The first-order chi connectivity index (χ1) is 8.09. The van der Waals surface area contributed by atoms with Crippen LogP contribution in [0.15, 0.2) is 36.7 Å². The predicted octanol–water partition coefficient (Wildman–Crippen LogP) is 1.27. The van der Waals surface area contributed by atoms with Crippen molar-refractivity contribution in [1.82, 2.24) is 9.78 Å². The van der Waals surface area contributed by atoms with E-state index in [2.05, 4.69) is 5.10 Å². The minimum Gasteiger partial charge on any atom is -0.478 e. The number of para-hydroxylation sites is 1. The molecule has 1 aromatic heterocycles. The number of hydrogen-bond acceptors (Lipinski definition) is 3. The lowest BCUT2D eigenvalue weighted by molar-refractivity contribution is 0.0687. The molecule has 0 aliphatic rings. The van der Waals surface area contributed by atoms with Crippen molar-refractivity contribution >= 4 is 11.9 Å². The summed E-state index contributed by atoms with van der Waals surface area (Å²) >= 11 is 0. The Morgan fingerprint density at radius 2 is 1.82 bits per heavy atom. The highest BCUT2D eigenvalue weighted by Gasteiger charge is 2.13. The third-order valence-electron chi connectivity index (χ3n) is 2.21. The number of carboxylic acid groups (broad SMARTS) is 2. The summed E-state index contributed by atoms with van der Waals surface area (Å²) in [6, 6.07) is 6.24. The molecule has 1 aromatic carbocycles. The van der Waals surface area contributed by atoms with Gasteiger partial charge in [-0.15, -0.1) is 0 Å². The van der Waals surface area contributed by atoms with Gasteiger partial charge in [0.1, 0.15) is 0 Å². The predicted molar refractivity (Wildman–Crippen MR) is 57.5 cm³/mol. The first-order valence-corrected chi connectivity index (χ1v) is 4.70. The number of benzene rings is 1. The second-order valence-corrected chi connectivity index (χ2v) is 3.30. The third-order valence-corrected chi connectivity index (χ3v) is 2.21. The van der Waals surface area contributed by atoms with Crippen LogP contribution in [0.2, 0.25) is 0 Å². The van der Waals surface area contributed by atoms with Gasteiger partial charge in [0.2, 0.25) is 0 Å². The van der Waals surface area contributed by atoms with Crippen molar-refractivity contribution in [2.24, 2.45) is 0 Å². The lowest BCUT2D eigenvalue weighted by Gasteiger charge is -2.04. The van der Waals surface area contributed by atoms with Crippen molar-refractivity contribution in [1.29, 1.82) is 0 Å². The topological polar surface area (TPSA) is 92.4 Å². The van der Waals surface area contributed by atoms with E-state index in [0.29, 0.717) is 5.69 Å².